The minimum absolute atomic E-state index is 0. The normalized spacial score (nSPS) is 18.2. The SMILES string of the molecule is Cc1cc(F)cc(NC(=O)CC2CCCN2)c1.Cl. The number of amides is 1. The molecule has 18 heavy (non-hydrogen) atoms. The van der Waals surface area contributed by atoms with Gasteiger partial charge in [0, 0.05) is 18.2 Å². The number of aryl methyl sites for hydroxylation is 1. The van der Waals surface area contributed by atoms with E-state index in [4.69, 9.17) is 0 Å². The molecule has 3 nitrogen and oxygen atoms in total. The van der Waals surface area contributed by atoms with Gasteiger partial charge >= 0.3 is 0 Å². The lowest BCUT2D eigenvalue weighted by atomic mass is 10.1. The number of halogens is 2. The van der Waals surface area contributed by atoms with Crippen LogP contribution >= 0.6 is 12.4 Å². The molecule has 1 aliphatic heterocycles. The van der Waals surface area contributed by atoms with Crippen molar-refractivity contribution in [3.63, 3.8) is 0 Å². The van der Waals surface area contributed by atoms with Crippen LogP contribution in [0.5, 0.6) is 0 Å². The van der Waals surface area contributed by atoms with Crippen LogP contribution in [0.2, 0.25) is 0 Å². The average Bonchev–Trinajstić information content (AvgIpc) is 2.67. The second-order valence-corrected chi connectivity index (χ2v) is 4.56. The molecule has 100 valence electrons. The second-order valence-electron chi connectivity index (χ2n) is 4.56. The Morgan fingerprint density at radius 2 is 2.28 bits per heavy atom. The number of anilines is 1. The van der Waals surface area contributed by atoms with Crippen LogP contribution in [0.15, 0.2) is 18.2 Å². The number of hydrogen-bond acceptors (Lipinski definition) is 2. The zero-order chi connectivity index (χ0) is 12.3. The Bertz CT molecular complexity index is 399. The van der Waals surface area contributed by atoms with Gasteiger partial charge in [-0.2, -0.15) is 0 Å². The van der Waals surface area contributed by atoms with Crippen molar-refractivity contribution in [2.24, 2.45) is 0 Å². The van der Waals surface area contributed by atoms with Gasteiger partial charge in [0.2, 0.25) is 5.91 Å². The first-order valence-electron chi connectivity index (χ1n) is 5.94. The molecule has 1 atom stereocenters. The molecule has 1 aromatic carbocycles. The number of benzene rings is 1. The van der Waals surface area contributed by atoms with Gasteiger partial charge in [-0.15, -0.1) is 12.4 Å². The third-order valence-electron chi connectivity index (χ3n) is 2.92. The van der Waals surface area contributed by atoms with Crippen molar-refractivity contribution < 1.29 is 9.18 Å². The number of nitrogens with one attached hydrogen (secondary N) is 2. The number of hydrogen-bond donors (Lipinski definition) is 2. The van der Waals surface area contributed by atoms with Crippen molar-refractivity contribution in [3.8, 4) is 0 Å². The predicted molar refractivity (Wildman–Crippen MR) is 72.7 cm³/mol. The first-order chi connectivity index (χ1) is 8.13. The fraction of sp³-hybridized carbons (Fsp3) is 0.462. The van der Waals surface area contributed by atoms with E-state index >= 15 is 0 Å². The van der Waals surface area contributed by atoms with E-state index in [0.717, 1.165) is 24.9 Å². The van der Waals surface area contributed by atoms with Gasteiger partial charge in [0.25, 0.3) is 0 Å². The third kappa shape index (κ3) is 4.27. The maximum absolute atomic E-state index is 13.1. The Hall–Kier alpha value is -1.13. The highest BCUT2D eigenvalue weighted by Gasteiger charge is 2.17. The summed E-state index contributed by atoms with van der Waals surface area (Å²) in [5, 5.41) is 5.99. The Balaban J connectivity index is 0.00000162. The Labute approximate surface area is 113 Å². The third-order valence-corrected chi connectivity index (χ3v) is 2.92. The van der Waals surface area contributed by atoms with Gasteiger partial charge < -0.3 is 10.6 Å². The molecule has 1 heterocycles. The summed E-state index contributed by atoms with van der Waals surface area (Å²) in [6, 6.07) is 4.81. The largest absolute Gasteiger partial charge is 0.326 e. The fourth-order valence-electron chi connectivity index (χ4n) is 2.18. The monoisotopic (exact) mass is 272 g/mol. The summed E-state index contributed by atoms with van der Waals surface area (Å²) >= 11 is 0. The highest BCUT2D eigenvalue weighted by molar-refractivity contribution is 5.91. The Morgan fingerprint density at radius 3 is 2.89 bits per heavy atom. The molecule has 2 N–H and O–H groups in total. The summed E-state index contributed by atoms with van der Waals surface area (Å²) in [4.78, 5) is 11.7. The van der Waals surface area contributed by atoms with Gasteiger partial charge in [0.15, 0.2) is 0 Å². The zero-order valence-corrected chi connectivity index (χ0v) is 11.1. The van der Waals surface area contributed by atoms with E-state index < -0.39 is 0 Å². The van der Waals surface area contributed by atoms with Crippen LogP contribution in [0.1, 0.15) is 24.8 Å². The van der Waals surface area contributed by atoms with Gasteiger partial charge in [0.1, 0.15) is 5.82 Å². The molecule has 1 fully saturated rings. The van der Waals surface area contributed by atoms with E-state index in [9.17, 15) is 9.18 Å². The highest BCUT2D eigenvalue weighted by Crippen LogP contribution is 2.15. The van der Waals surface area contributed by atoms with Crippen molar-refractivity contribution in [1.82, 2.24) is 5.32 Å². The van der Waals surface area contributed by atoms with Crippen LogP contribution in [0.3, 0.4) is 0 Å². The van der Waals surface area contributed by atoms with Crippen molar-refractivity contribution >= 4 is 24.0 Å². The number of carbonyl (C=O) groups excluding carboxylic acids is 1. The molecular formula is C13H18ClFN2O. The highest BCUT2D eigenvalue weighted by atomic mass is 35.5. The number of carbonyl (C=O) groups is 1. The van der Waals surface area contributed by atoms with E-state index in [-0.39, 0.29) is 30.2 Å². The first kappa shape index (κ1) is 14.9. The van der Waals surface area contributed by atoms with E-state index in [0.29, 0.717) is 12.1 Å². The summed E-state index contributed by atoms with van der Waals surface area (Å²) < 4.78 is 13.1. The van der Waals surface area contributed by atoms with Gasteiger partial charge in [-0.25, -0.2) is 4.39 Å². The minimum Gasteiger partial charge on any atom is -0.326 e. The summed E-state index contributed by atoms with van der Waals surface area (Å²) in [5.74, 6) is -0.381. The van der Waals surface area contributed by atoms with Crippen molar-refractivity contribution in [2.45, 2.75) is 32.2 Å². The van der Waals surface area contributed by atoms with Crippen LogP contribution < -0.4 is 10.6 Å². The van der Waals surface area contributed by atoms with Gasteiger partial charge in [-0.3, -0.25) is 4.79 Å². The quantitative estimate of drug-likeness (QED) is 0.888. The standard InChI is InChI=1S/C13H17FN2O.ClH/c1-9-5-10(14)7-12(6-9)16-13(17)8-11-3-2-4-15-11;/h5-7,11,15H,2-4,8H2,1H3,(H,16,17);1H. The number of rotatable bonds is 3. The van der Waals surface area contributed by atoms with Crippen molar-refractivity contribution in [1.29, 1.82) is 0 Å². The smallest absolute Gasteiger partial charge is 0.225 e. The topological polar surface area (TPSA) is 41.1 Å². The summed E-state index contributed by atoms with van der Waals surface area (Å²) in [6.07, 6.45) is 2.61. The minimum atomic E-state index is -0.320. The van der Waals surface area contributed by atoms with Crippen LogP contribution in [0, 0.1) is 12.7 Å². The fourth-order valence-corrected chi connectivity index (χ4v) is 2.18. The van der Waals surface area contributed by atoms with Gasteiger partial charge in [0.05, 0.1) is 0 Å². The van der Waals surface area contributed by atoms with Crippen LogP contribution in [0.4, 0.5) is 10.1 Å². The van der Waals surface area contributed by atoms with E-state index in [1.807, 2.05) is 0 Å². The summed E-state index contributed by atoms with van der Waals surface area (Å²) in [6.45, 7) is 2.79. The first-order valence-corrected chi connectivity index (χ1v) is 5.94. The molecule has 0 spiro atoms. The lowest BCUT2D eigenvalue weighted by Gasteiger charge is -2.10. The lowest BCUT2D eigenvalue weighted by Crippen LogP contribution is -2.27. The maximum Gasteiger partial charge on any atom is 0.225 e. The average molecular weight is 273 g/mol. The van der Waals surface area contributed by atoms with Crippen molar-refractivity contribution in [3.05, 3.63) is 29.6 Å². The molecule has 1 unspecified atom stereocenters. The molecular weight excluding hydrogens is 255 g/mol. The molecule has 0 radical (unpaired) electrons. The van der Waals surface area contributed by atoms with Crippen molar-refractivity contribution in [2.75, 3.05) is 11.9 Å². The molecule has 5 heteroatoms. The molecule has 1 aromatic rings. The van der Waals surface area contributed by atoms with Crippen LogP contribution in [-0.4, -0.2) is 18.5 Å². The van der Waals surface area contributed by atoms with Crippen LogP contribution in [-0.2, 0) is 4.79 Å². The Kier molecular flexibility index (Phi) is 5.56. The second kappa shape index (κ2) is 6.71. The maximum atomic E-state index is 13.1. The summed E-state index contributed by atoms with van der Waals surface area (Å²) in [7, 11) is 0. The van der Waals surface area contributed by atoms with E-state index in [2.05, 4.69) is 10.6 Å². The molecule has 1 aliphatic rings. The van der Waals surface area contributed by atoms with Crippen LogP contribution in [0.25, 0.3) is 0 Å². The lowest BCUT2D eigenvalue weighted by molar-refractivity contribution is -0.116. The predicted octanol–water partition coefficient (Wildman–Crippen LogP) is 2.64. The molecule has 2 rings (SSSR count). The Morgan fingerprint density at radius 1 is 1.50 bits per heavy atom. The van der Waals surface area contributed by atoms with Gasteiger partial charge in [-0.05, 0) is 50.1 Å². The molecule has 0 bridgehead atoms. The molecule has 0 saturated carbocycles. The van der Waals surface area contributed by atoms with E-state index in [1.165, 1.54) is 12.1 Å². The van der Waals surface area contributed by atoms with Gasteiger partial charge in [-0.1, -0.05) is 0 Å². The zero-order valence-electron chi connectivity index (χ0n) is 10.3. The molecule has 1 amide bonds. The molecule has 0 aromatic heterocycles. The van der Waals surface area contributed by atoms with E-state index in [1.54, 1.807) is 13.0 Å². The summed E-state index contributed by atoms with van der Waals surface area (Å²) in [5.41, 5.74) is 1.34. The molecule has 1 saturated heterocycles. The molecule has 0 aliphatic carbocycles.